The zero-order valence-corrected chi connectivity index (χ0v) is 12.7. The zero-order chi connectivity index (χ0) is 14.4. The highest BCUT2D eigenvalue weighted by Gasteiger charge is 2.12. The number of rotatable bonds is 6. The van der Waals surface area contributed by atoms with Gasteiger partial charge in [0.25, 0.3) is 0 Å². The summed E-state index contributed by atoms with van der Waals surface area (Å²) in [6, 6.07) is 3.85. The molecular weight excluding hydrogens is 264 g/mol. The van der Waals surface area contributed by atoms with Gasteiger partial charge in [-0.25, -0.2) is 0 Å². The lowest BCUT2D eigenvalue weighted by molar-refractivity contribution is -0.143. The van der Waals surface area contributed by atoms with E-state index in [-0.39, 0.29) is 12.4 Å². The number of carbonyl (C=O) groups excluding carboxylic acids is 1. The minimum Gasteiger partial charge on any atom is -0.493 e. The van der Waals surface area contributed by atoms with E-state index in [1.54, 1.807) is 6.92 Å². The van der Waals surface area contributed by atoms with E-state index in [0.717, 1.165) is 21.9 Å². The van der Waals surface area contributed by atoms with Crippen molar-refractivity contribution in [2.45, 2.75) is 40.0 Å². The molecule has 0 aromatic heterocycles. The summed E-state index contributed by atoms with van der Waals surface area (Å²) < 4.78 is 10.6. The van der Waals surface area contributed by atoms with Crippen molar-refractivity contribution in [2.75, 3.05) is 13.2 Å². The molecule has 0 aliphatic carbocycles. The van der Waals surface area contributed by atoms with Crippen LogP contribution in [-0.2, 0) is 9.53 Å². The van der Waals surface area contributed by atoms with Crippen LogP contribution >= 0.6 is 11.6 Å². The van der Waals surface area contributed by atoms with E-state index in [2.05, 4.69) is 13.8 Å². The SMILES string of the molecule is CCOC(=O)CCOc1cc(C)c(Cl)cc1C(C)C. The van der Waals surface area contributed by atoms with Crippen LogP contribution < -0.4 is 4.74 Å². The fraction of sp³-hybridized carbons (Fsp3) is 0.533. The third kappa shape index (κ3) is 4.75. The summed E-state index contributed by atoms with van der Waals surface area (Å²) in [6.07, 6.45) is 0.257. The Bertz CT molecular complexity index is 441. The third-order valence-corrected chi connectivity index (χ3v) is 3.19. The van der Waals surface area contributed by atoms with Crippen molar-refractivity contribution in [3.05, 3.63) is 28.3 Å². The number of aryl methyl sites for hydroxylation is 1. The van der Waals surface area contributed by atoms with E-state index < -0.39 is 0 Å². The van der Waals surface area contributed by atoms with Gasteiger partial charge in [-0.2, -0.15) is 0 Å². The van der Waals surface area contributed by atoms with Gasteiger partial charge in [-0.15, -0.1) is 0 Å². The molecule has 106 valence electrons. The maximum absolute atomic E-state index is 11.2. The molecule has 0 saturated carbocycles. The van der Waals surface area contributed by atoms with E-state index in [0.29, 0.717) is 19.1 Å². The average molecular weight is 285 g/mol. The van der Waals surface area contributed by atoms with Crippen LogP contribution in [0.1, 0.15) is 44.2 Å². The van der Waals surface area contributed by atoms with E-state index in [1.807, 2.05) is 19.1 Å². The van der Waals surface area contributed by atoms with Gasteiger partial charge in [0.15, 0.2) is 0 Å². The number of esters is 1. The van der Waals surface area contributed by atoms with Crippen LogP contribution in [0.4, 0.5) is 0 Å². The van der Waals surface area contributed by atoms with Gasteiger partial charge >= 0.3 is 5.97 Å². The molecule has 19 heavy (non-hydrogen) atoms. The Morgan fingerprint density at radius 2 is 2.05 bits per heavy atom. The van der Waals surface area contributed by atoms with Crippen LogP contribution in [0.15, 0.2) is 12.1 Å². The largest absolute Gasteiger partial charge is 0.493 e. The first-order chi connectivity index (χ1) is 8.95. The lowest BCUT2D eigenvalue weighted by atomic mass is 10.0. The van der Waals surface area contributed by atoms with Gasteiger partial charge in [-0.05, 0) is 43.0 Å². The van der Waals surface area contributed by atoms with E-state index in [1.165, 1.54) is 0 Å². The normalized spacial score (nSPS) is 10.6. The molecule has 0 bridgehead atoms. The molecule has 0 saturated heterocycles. The maximum Gasteiger partial charge on any atom is 0.309 e. The summed E-state index contributed by atoms with van der Waals surface area (Å²) in [5, 5.41) is 0.737. The van der Waals surface area contributed by atoms with Crippen LogP contribution in [0.25, 0.3) is 0 Å². The molecule has 1 aromatic carbocycles. The van der Waals surface area contributed by atoms with Crippen LogP contribution in [0.3, 0.4) is 0 Å². The molecule has 0 unspecified atom stereocenters. The van der Waals surface area contributed by atoms with Crippen molar-refractivity contribution in [3.8, 4) is 5.75 Å². The lowest BCUT2D eigenvalue weighted by Gasteiger charge is -2.15. The summed E-state index contributed by atoms with van der Waals surface area (Å²) in [5.74, 6) is 0.871. The highest BCUT2D eigenvalue weighted by molar-refractivity contribution is 6.31. The van der Waals surface area contributed by atoms with Crippen molar-refractivity contribution < 1.29 is 14.3 Å². The van der Waals surface area contributed by atoms with Gasteiger partial charge in [-0.1, -0.05) is 25.4 Å². The van der Waals surface area contributed by atoms with E-state index >= 15 is 0 Å². The van der Waals surface area contributed by atoms with Crippen molar-refractivity contribution in [3.63, 3.8) is 0 Å². The Kier molecular flexibility index (Phi) is 6.16. The summed E-state index contributed by atoms with van der Waals surface area (Å²) in [4.78, 5) is 11.2. The molecule has 0 atom stereocenters. The average Bonchev–Trinajstić information content (AvgIpc) is 2.33. The number of halogens is 1. The summed E-state index contributed by atoms with van der Waals surface area (Å²) >= 11 is 6.13. The third-order valence-electron chi connectivity index (χ3n) is 2.78. The summed E-state index contributed by atoms with van der Waals surface area (Å²) in [6.45, 7) is 8.61. The Labute approximate surface area is 119 Å². The minimum absolute atomic E-state index is 0.237. The highest BCUT2D eigenvalue weighted by Crippen LogP contribution is 2.32. The van der Waals surface area contributed by atoms with Gasteiger partial charge in [0.2, 0.25) is 0 Å². The molecule has 4 heteroatoms. The monoisotopic (exact) mass is 284 g/mol. The fourth-order valence-electron chi connectivity index (χ4n) is 1.72. The maximum atomic E-state index is 11.2. The molecule has 0 heterocycles. The molecule has 0 aliphatic rings. The second kappa shape index (κ2) is 7.39. The summed E-state index contributed by atoms with van der Waals surface area (Å²) in [5.41, 5.74) is 2.02. The fourth-order valence-corrected chi connectivity index (χ4v) is 1.90. The number of hydrogen-bond acceptors (Lipinski definition) is 3. The first-order valence-electron chi connectivity index (χ1n) is 6.54. The van der Waals surface area contributed by atoms with Crippen molar-refractivity contribution in [1.29, 1.82) is 0 Å². The van der Waals surface area contributed by atoms with Crippen LogP contribution in [0, 0.1) is 6.92 Å². The topological polar surface area (TPSA) is 35.5 Å². The number of ether oxygens (including phenoxy) is 2. The Morgan fingerprint density at radius 3 is 2.63 bits per heavy atom. The Hall–Kier alpha value is -1.22. The second-order valence-electron chi connectivity index (χ2n) is 4.70. The lowest BCUT2D eigenvalue weighted by Crippen LogP contribution is -2.10. The first-order valence-corrected chi connectivity index (χ1v) is 6.92. The zero-order valence-electron chi connectivity index (χ0n) is 12.0. The molecule has 3 nitrogen and oxygen atoms in total. The first kappa shape index (κ1) is 15.8. The molecule has 0 aliphatic heterocycles. The molecule has 0 amide bonds. The smallest absolute Gasteiger partial charge is 0.309 e. The van der Waals surface area contributed by atoms with Gasteiger partial charge in [0.1, 0.15) is 5.75 Å². The van der Waals surface area contributed by atoms with E-state index in [9.17, 15) is 4.79 Å². The number of benzene rings is 1. The number of hydrogen-bond donors (Lipinski definition) is 0. The minimum atomic E-state index is -0.237. The van der Waals surface area contributed by atoms with Crippen molar-refractivity contribution >= 4 is 17.6 Å². The van der Waals surface area contributed by atoms with Crippen molar-refractivity contribution in [2.24, 2.45) is 0 Å². The van der Waals surface area contributed by atoms with Crippen LogP contribution in [0.5, 0.6) is 5.75 Å². The molecule has 0 N–H and O–H groups in total. The molecule has 1 rings (SSSR count). The van der Waals surface area contributed by atoms with Crippen molar-refractivity contribution in [1.82, 2.24) is 0 Å². The van der Waals surface area contributed by atoms with Gasteiger partial charge in [-0.3, -0.25) is 4.79 Å². The molecule has 0 spiro atoms. The molecule has 0 radical (unpaired) electrons. The second-order valence-corrected chi connectivity index (χ2v) is 5.10. The quantitative estimate of drug-likeness (QED) is 0.738. The Morgan fingerprint density at radius 1 is 1.37 bits per heavy atom. The standard InChI is InChI=1S/C15H21ClO3/c1-5-18-15(17)6-7-19-14-8-11(4)13(16)9-12(14)10(2)3/h8-10H,5-7H2,1-4H3. The van der Waals surface area contributed by atoms with Gasteiger partial charge < -0.3 is 9.47 Å². The molecule has 0 fully saturated rings. The molecule has 1 aromatic rings. The van der Waals surface area contributed by atoms with E-state index in [4.69, 9.17) is 21.1 Å². The molecular formula is C15H21ClO3. The highest BCUT2D eigenvalue weighted by atomic mass is 35.5. The van der Waals surface area contributed by atoms with Gasteiger partial charge in [0, 0.05) is 5.02 Å². The summed E-state index contributed by atoms with van der Waals surface area (Å²) in [7, 11) is 0. The predicted molar refractivity (Wildman–Crippen MR) is 77.0 cm³/mol. The number of carbonyl (C=O) groups is 1. The van der Waals surface area contributed by atoms with Crippen LogP contribution in [0.2, 0.25) is 5.02 Å². The Balaban J connectivity index is 2.71. The van der Waals surface area contributed by atoms with Crippen LogP contribution in [-0.4, -0.2) is 19.2 Å². The predicted octanol–water partition coefficient (Wildman–Crippen LogP) is 4.10. The van der Waals surface area contributed by atoms with Gasteiger partial charge in [0.05, 0.1) is 19.6 Å².